The van der Waals surface area contributed by atoms with Gasteiger partial charge >= 0.3 is 0 Å². The van der Waals surface area contributed by atoms with Crippen molar-refractivity contribution in [2.24, 2.45) is 7.05 Å². The zero-order chi connectivity index (χ0) is 14.2. The normalized spacial score (nSPS) is 11.6. The van der Waals surface area contributed by atoms with Gasteiger partial charge in [0.05, 0.1) is 10.6 Å². The largest absolute Gasteiger partial charge is 0.264 e. The summed E-state index contributed by atoms with van der Waals surface area (Å²) in [6.07, 6.45) is 0. The zero-order valence-corrected chi connectivity index (χ0v) is 11.0. The number of benzene rings is 1. The van der Waals surface area contributed by atoms with Crippen molar-refractivity contribution < 1.29 is 17.2 Å². The van der Waals surface area contributed by atoms with E-state index < -0.39 is 21.7 Å². The van der Waals surface area contributed by atoms with Crippen molar-refractivity contribution in [3.8, 4) is 0 Å². The molecule has 2 rings (SSSR count). The number of halogens is 2. The molecular formula is C11H11F2N3O2S. The second-order valence-corrected chi connectivity index (χ2v) is 5.66. The van der Waals surface area contributed by atoms with Crippen LogP contribution in [0.2, 0.25) is 0 Å². The molecule has 5 nitrogen and oxygen atoms in total. The van der Waals surface area contributed by atoms with Gasteiger partial charge in [-0.15, -0.1) is 0 Å². The van der Waals surface area contributed by atoms with Crippen LogP contribution in [0.15, 0.2) is 29.2 Å². The molecule has 0 fully saturated rings. The van der Waals surface area contributed by atoms with E-state index in [2.05, 4.69) is 9.82 Å². The van der Waals surface area contributed by atoms with E-state index in [0.717, 1.165) is 12.1 Å². The van der Waals surface area contributed by atoms with Crippen LogP contribution in [-0.2, 0) is 17.1 Å². The Labute approximate surface area is 108 Å². The lowest BCUT2D eigenvalue weighted by Crippen LogP contribution is -2.15. The number of hydrogen-bond donors (Lipinski definition) is 1. The maximum Gasteiger partial charge on any atom is 0.263 e. The molecule has 0 saturated carbocycles. The predicted octanol–water partition coefficient (Wildman–Crippen LogP) is 1.81. The van der Waals surface area contributed by atoms with E-state index >= 15 is 0 Å². The topological polar surface area (TPSA) is 64.0 Å². The van der Waals surface area contributed by atoms with Crippen molar-refractivity contribution in [2.75, 3.05) is 4.72 Å². The average molecular weight is 287 g/mol. The van der Waals surface area contributed by atoms with E-state index in [1.165, 1.54) is 10.7 Å². The minimum atomic E-state index is -3.98. The van der Waals surface area contributed by atoms with Crippen LogP contribution in [0.1, 0.15) is 5.69 Å². The summed E-state index contributed by atoms with van der Waals surface area (Å²) in [4.78, 5) is -0.356. The summed E-state index contributed by atoms with van der Waals surface area (Å²) in [5.41, 5.74) is 0.630. The Morgan fingerprint density at radius 1 is 1.21 bits per heavy atom. The fraction of sp³-hybridized carbons (Fsp3) is 0.182. The molecule has 0 unspecified atom stereocenters. The van der Waals surface area contributed by atoms with E-state index in [-0.39, 0.29) is 10.7 Å². The molecule has 0 aliphatic carbocycles. The summed E-state index contributed by atoms with van der Waals surface area (Å²) in [5, 5.41) is 3.98. The SMILES string of the molecule is Cc1cc(NS(=O)(=O)c2ccc(F)c(F)c2)n(C)n1. The van der Waals surface area contributed by atoms with Gasteiger partial charge in [-0.1, -0.05) is 0 Å². The maximum atomic E-state index is 13.0. The summed E-state index contributed by atoms with van der Waals surface area (Å²) in [6, 6.07) is 3.90. The first kappa shape index (κ1) is 13.5. The third-order valence-electron chi connectivity index (χ3n) is 2.44. The van der Waals surface area contributed by atoms with Crippen LogP contribution in [0.25, 0.3) is 0 Å². The highest BCUT2D eigenvalue weighted by molar-refractivity contribution is 7.92. The molecule has 1 aromatic heterocycles. The summed E-state index contributed by atoms with van der Waals surface area (Å²) in [6.45, 7) is 1.70. The van der Waals surface area contributed by atoms with Crippen LogP contribution in [0, 0.1) is 18.6 Å². The van der Waals surface area contributed by atoms with Crippen LogP contribution in [0.4, 0.5) is 14.6 Å². The van der Waals surface area contributed by atoms with Gasteiger partial charge in [0.2, 0.25) is 0 Å². The smallest absolute Gasteiger partial charge is 0.263 e. The third-order valence-corrected chi connectivity index (χ3v) is 3.79. The third kappa shape index (κ3) is 2.73. The lowest BCUT2D eigenvalue weighted by Gasteiger charge is -2.08. The molecule has 2 aromatic rings. The van der Waals surface area contributed by atoms with E-state index in [1.54, 1.807) is 14.0 Å². The Bertz CT molecular complexity index is 726. The van der Waals surface area contributed by atoms with E-state index in [0.29, 0.717) is 11.8 Å². The van der Waals surface area contributed by atoms with Crippen LogP contribution in [0.5, 0.6) is 0 Å². The monoisotopic (exact) mass is 287 g/mol. The number of nitrogens with one attached hydrogen (secondary N) is 1. The van der Waals surface area contributed by atoms with Crippen molar-refractivity contribution in [3.05, 3.63) is 41.6 Å². The van der Waals surface area contributed by atoms with E-state index in [1.807, 2.05) is 0 Å². The lowest BCUT2D eigenvalue weighted by molar-refractivity contribution is 0.504. The molecule has 8 heteroatoms. The Hall–Kier alpha value is -1.96. The van der Waals surface area contributed by atoms with Gasteiger partial charge in [0.15, 0.2) is 11.6 Å². The van der Waals surface area contributed by atoms with E-state index in [4.69, 9.17) is 0 Å². The van der Waals surface area contributed by atoms with Gasteiger partial charge in [0, 0.05) is 13.1 Å². The number of rotatable bonds is 3. The molecule has 102 valence electrons. The highest BCUT2D eigenvalue weighted by Crippen LogP contribution is 2.18. The minimum Gasteiger partial charge on any atom is -0.264 e. The van der Waals surface area contributed by atoms with Gasteiger partial charge in [-0.25, -0.2) is 17.2 Å². The molecule has 0 atom stereocenters. The number of aryl methyl sites for hydroxylation is 2. The maximum absolute atomic E-state index is 13.0. The Balaban J connectivity index is 2.37. The fourth-order valence-electron chi connectivity index (χ4n) is 1.55. The number of nitrogens with zero attached hydrogens (tertiary/aromatic N) is 2. The van der Waals surface area contributed by atoms with Crippen LogP contribution in [0.3, 0.4) is 0 Å². The zero-order valence-electron chi connectivity index (χ0n) is 10.2. The number of anilines is 1. The molecule has 0 aliphatic heterocycles. The molecule has 0 aliphatic rings. The standard InChI is InChI=1S/C11H11F2N3O2S/c1-7-5-11(16(2)14-7)15-19(17,18)8-3-4-9(12)10(13)6-8/h3-6,15H,1-2H3. The molecule has 1 N–H and O–H groups in total. The quantitative estimate of drug-likeness (QED) is 0.936. The summed E-state index contributed by atoms with van der Waals surface area (Å²) < 4.78 is 53.4. The first-order valence-corrected chi connectivity index (χ1v) is 6.76. The number of aromatic nitrogens is 2. The van der Waals surface area contributed by atoms with Gasteiger partial charge in [-0.05, 0) is 25.1 Å². The van der Waals surface area contributed by atoms with Crippen LogP contribution in [-0.4, -0.2) is 18.2 Å². The fourth-order valence-corrected chi connectivity index (χ4v) is 2.64. The molecule has 1 heterocycles. The summed E-state index contributed by atoms with van der Waals surface area (Å²) in [7, 11) is -2.41. The van der Waals surface area contributed by atoms with Crippen molar-refractivity contribution in [1.29, 1.82) is 0 Å². The molecule has 0 spiro atoms. The Morgan fingerprint density at radius 2 is 1.89 bits per heavy atom. The molecule has 19 heavy (non-hydrogen) atoms. The van der Waals surface area contributed by atoms with Gasteiger partial charge in [-0.3, -0.25) is 9.40 Å². The molecule has 0 saturated heterocycles. The second-order valence-electron chi connectivity index (χ2n) is 3.98. The van der Waals surface area contributed by atoms with Crippen LogP contribution >= 0.6 is 0 Å². The van der Waals surface area contributed by atoms with Crippen molar-refractivity contribution in [3.63, 3.8) is 0 Å². The van der Waals surface area contributed by atoms with E-state index in [9.17, 15) is 17.2 Å². The average Bonchev–Trinajstić information content (AvgIpc) is 2.60. The lowest BCUT2D eigenvalue weighted by atomic mass is 10.3. The van der Waals surface area contributed by atoms with Crippen LogP contribution < -0.4 is 4.72 Å². The summed E-state index contributed by atoms with van der Waals surface area (Å²) >= 11 is 0. The van der Waals surface area contributed by atoms with Gasteiger partial charge in [-0.2, -0.15) is 5.10 Å². The van der Waals surface area contributed by atoms with Gasteiger partial charge in [0.1, 0.15) is 5.82 Å². The van der Waals surface area contributed by atoms with Gasteiger partial charge in [0.25, 0.3) is 10.0 Å². The molecular weight excluding hydrogens is 276 g/mol. The predicted molar refractivity (Wildman–Crippen MR) is 65.1 cm³/mol. The summed E-state index contributed by atoms with van der Waals surface area (Å²) in [5.74, 6) is -2.08. The number of hydrogen-bond acceptors (Lipinski definition) is 3. The Morgan fingerprint density at radius 3 is 2.42 bits per heavy atom. The number of sulfonamides is 1. The highest BCUT2D eigenvalue weighted by atomic mass is 32.2. The van der Waals surface area contributed by atoms with Crippen molar-refractivity contribution in [2.45, 2.75) is 11.8 Å². The molecule has 1 aromatic carbocycles. The van der Waals surface area contributed by atoms with Crippen molar-refractivity contribution in [1.82, 2.24) is 9.78 Å². The first-order valence-electron chi connectivity index (χ1n) is 5.28. The van der Waals surface area contributed by atoms with Gasteiger partial charge < -0.3 is 0 Å². The second kappa shape index (κ2) is 4.61. The highest BCUT2D eigenvalue weighted by Gasteiger charge is 2.18. The Kier molecular flexibility index (Phi) is 3.27. The minimum absolute atomic E-state index is 0.238. The molecule has 0 bridgehead atoms. The van der Waals surface area contributed by atoms with Crippen molar-refractivity contribution >= 4 is 15.8 Å². The first-order chi connectivity index (χ1) is 8.79. The molecule has 0 radical (unpaired) electrons. The molecule has 0 amide bonds.